The number of carbonyl (C=O) groups excluding carboxylic acids is 2. The number of rotatable bonds is 6. The molecule has 0 saturated heterocycles. The highest BCUT2D eigenvalue weighted by atomic mass is 16.2. The van der Waals surface area contributed by atoms with Gasteiger partial charge in [0.2, 0.25) is 0 Å². The molecule has 0 atom stereocenters. The van der Waals surface area contributed by atoms with E-state index in [0.29, 0.717) is 35.3 Å². The number of carbonyl (C=O) groups is 2. The molecule has 0 radical (unpaired) electrons. The van der Waals surface area contributed by atoms with Crippen LogP contribution in [0.15, 0.2) is 18.2 Å². The molecule has 2 N–H and O–H groups in total. The minimum atomic E-state index is -0.282. The van der Waals surface area contributed by atoms with E-state index in [1.54, 1.807) is 18.2 Å². The van der Waals surface area contributed by atoms with Crippen molar-refractivity contribution >= 4 is 17.5 Å². The van der Waals surface area contributed by atoms with Crippen LogP contribution in [0.2, 0.25) is 0 Å². The number of nitrogen functional groups attached to an aromatic ring is 1. The van der Waals surface area contributed by atoms with Gasteiger partial charge in [-0.1, -0.05) is 33.8 Å². The van der Waals surface area contributed by atoms with Crippen LogP contribution < -0.4 is 5.73 Å². The largest absolute Gasteiger partial charge is 0.398 e. The van der Waals surface area contributed by atoms with E-state index in [4.69, 9.17) is 5.73 Å². The maximum absolute atomic E-state index is 12.5. The highest BCUT2D eigenvalue weighted by Crippen LogP contribution is 2.27. The third-order valence-electron chi connectivity index (χ3n) is 3.62. The number of benzene rings is 1. The van der Waals surface area contributed by atoms with Crippen molar-refractivity contribution in [2.45, 2.75) is 27.7 Å². The predicted molar refractivity (Wildman–Crippen MR) is 87.5 cm³/mol. The van der Waals surface area contributed by atoms with Crippen molar-refractivity contribution in [1.82, 2.24) is 9.80 Å². The van der Waals surface area contributed by atoms with E-state index in [9.17, 15) is 9.59 Å². The second-order valence-corrected chi connectivity index (χ2v) is 6.77. The van der Waals surface area contributed by atoms with Crippen molar-refractivity contribution in [2.75, 3.05) is 25.5 Å². The Kier molecular flexibility index (Phi) is 4.86. The first-order valence-electron chi connectivity index (χ1n) is 7.78. The Hall–Kier alpha value is -1.88. The molecule has 1 aromatic rings. The summed E-state index contributed by atoms with van der Waals surface area (Å²) in [5, 5.41) is 0. The molecule has 1 heterocycles. The first-order valence-corrected chi connectivity index (χ1v) is 7.78. The molecule has 1 aliphatic heterocycles. The minimum absolute atomic E-state index is 0.246. The number of amides is 2. The molecule has 0 fully saturated rings. The Labute approximate surface area is 132 Å². The fourth-order valence-electron chi connectivity index (χ4n) is 2.91. The lowest BCUT2D eigenvalue weighted by Gasteiger charge is -2.29. The Balaban J connectivity index is 2.21. The monoisotopic (exact) mass is 303 g/mol. The molecule has 5 nitrogen and oxygen atoms in total. The number of nitrogens with two attached hydrogens (primary N) is 1. The van der Waals surface area contributed by atoms with Crippen LogP contribution in [-0.2, 0) is 0 Å². The molecular weight excluding hydrogens is 278 g/mol. The van der Waals surface area contributed by atoms with E-state index in [-0.39, 0.29) is 11.8 Å². The van der Waals surface area contributed by atoms with Gasteiger partial charge >= 0.3 is 0 Å². The van der Waals surface area contributed by atoms with Crippen molar-refractivity contribution < 1.29 is 9.59 Å². The van der Waals surface area contributed by atoms with Crippen LogP contribution in [0.25, 0.3) is 0 Å². The van der Waals surface area contributed by atoms with Gasteiger partial charge < -0.3 is 5.73 Å². The number of imide groups is 1. The summed E-state index contributed by atoms with van der Waals surface area (Å²) < 4.78 is 0. The second kappa shape index (κ2) is 6.48. The Morgan fingerprint density at radius 2 is 1.64 bits per heavy atom. The molecule has 0 saturated carbocycles. The van der Waals surface area contributed by atoms with Gasteiger partial charge in [0.15, 0.2) is 0 Å². The van der Waals surface area contributed by atoms with Gasteiger partial charge in [-0.15, -0.1) is 0 Å². The lowest BCUT2D eigenvalue weighted by molar-refractivity contribution is 0.0512. The summed E-state index contributed by atoms with van der Waals surface area (Å²) in [7, 11) is 0. The average Bonchev–Trinajstić information content (AvgIpc) is 2.63. The van der Waals surface area contributed by atoms with Crippen LogP contribution in [0.4, 0.5) is 5.69 Å². The summed E-state index contributed by atoms with van der Waals surface area (Å²) in [5.74, 6) is 0.415. The minimum Gasteiger partial charge on any atom is -0.398 e. The molecule has 1 aliphatic rings. The zero-order valence-corrected chi connectivity index (χ0v) is 13.8. The molecule has 0 bridgehead atoms. The van der Waals surface area contributed by atoms with Crippen LogP contribution in [0.3, 0.4) is 0 Å². The SMILES string of the molecule is CC(C)CN(CC(C)C)CN1C(=O)c2cccc(N)c2C1=O. The van der Waals surface area contributed by atoms with E-state index in [1.807, 2.05) is 0 Å². The summed E-state index contributed by atoms with van der Waals surface area (Å²) in [6.07, 6.45) is 0. The summed E-state index contributed by atoms with van der Waals surface area (Å²) in [5.41, 5.74) is 7.00. The fraction of sp³-hybridized carbons (Fsp3) is 0.529. The Bertz CT molecular complexity index is 571. The topological polar surface area (TPSA) is 66.6 Å². The number of anilines is 1. The number of hydrogen-bond donors (Lipinski definition) is 1. The molecule has 0 unspecified atom stereocenters. The van der Waals surface area contributed by atoms with Crippen molar-refractivity contribution in [3.8, 4) is 0 Å². The van der Waals surface area contributed by atoms with Gasteiger partial charge in [-0.3, -0.25) is 19.4 Å². The Morgan fingerprint density at radius 1 is 1.05 bits per heavy atom. The standard InChI is InChI=1S/C17H25N3O2/c1-11(2)8-19(9-12(3)4)10-20-16(21)13-6-5-7-14(18)15(13)17(20)22/h5-7,11-12H,8-10,18H2,1-4H3. The normalized spacial score (nSPS) is 14.6. The third-order valence-corrected chi connectivity index (χ3v) is 3.62. The van der Waals surface area contributed by atoms with Gasteiger partial charge in [-0.25, -0.2) is 0 Å². The van der Waals surface area contributed by atoms with E-state index >= 15 is 0 Å². The van der Waals surface area contributed by atoms with Crippen molar-refractivity contribution in [3.63, 3.8) is 0 Å². The molecule has 0 aliphatic carbocycles. The summed E-state index contributed by atoms with van der Waals surface area (Å²) in [6.45, 7) is 10.5. The molecule has 5 heteroatoms. The molecule has 2 rings (SSSR count). The summed E-state index contributed by atoms with van der Waals surface area (Å²) >= 11 is 0. The van der Waals surface area contributed by atoms with E-state index in [0.717, 1.165) is 13.1 Å². The smallest absolute Gasteiger partial charge is 0.264 e. The molecule has 22 heavy (non-hydrogen) atoms. The summed E-state index contributed by atoms with van der Waals surface area (Å²) in [6, 6.07) is 5.04. The number of fused-ring (bicyclic) bond motifs is 1. The van der Waals surface area contributed by atoms with Crippen LogP contribution >= 0.6 is 0 Å². The van der Waals surface area contributed by atoms with E-state index in [2.05, 4.69) is 32.6 Å². The van der Waals surface area contributed by atoms with Gasteiger partial charge in [0, 0.05) is 18.8 Å². The maximum atomic E-state index is 12.5. The van der Waals surface area contributed by atoms with Crippen LogP contribution in [0.1, 0.15) is 48.4 Å². The van der Waals surface area contributed by atoms with Gasteiger partial charge in [0.25, 0.3) is 11.8 Å². The highest BCUT2D eigenvalue weighted by molar-refractivity contribution is 6.23. The lowest BCUT2D eigenvalue weighted by atomic mass is 10.1. The second-order valence-electron chi connectivity index (χ2n) is 6.77. The fourth-order valence-corrected chi connectivity index (χ4v) is 2.91. The van der Waals surface area contributed by atoms with E-state index < -0.39 is 0 Å². The molecule has 2 amide bonds. The highest BCUT2D eigenvalue weighted by Gasteiger charge is 2.37. The predicted octanol–water partition coefficient (Wildman–Crippen LogP) is 2.44. The quantitative estimate of drug-likeness (QED) is 0.647. The first-order chi connectivity index (χ1) is 10.3. The molecule has 120 valence electrons. The number of hydrogen-bond acceptors (Lipinski definition) is 4. The zero-order valence-electron chi connectivity index (χ0n) is 13.8. The summed E-state index contributed by atoms with van der Waals surface area (Å²) in [4.78, 5) is 28.5. The zero-order chi connectivity index (χ0) is 16.4. The maximum Gasteiger partial charge on any atom is 0.264 e. The Morgan fingerprint density at radius 3 is 2.14 bits per heavy atom. The van der Waals surface area contributed by atoms with Crippen LogP contribution in [0, 0.1) is 11.8 Å². The van der Waals surface area contributed by atoms with Gasteiger partial charge in [0.05, 0.1) is 17.8 Å². The van der Waals surface area contributed by atoms with Crippen molar-refractivity contribution in [1.29, 1.82) is 0 Å². The number of nitrogens with zero attached hydrogens (tertiary/aromatic N) is 2. The van der Waals surface area contributed by atoms with Crippen LogP contribution in [0.5, 0.6) is 0 Å². The van der Waals surface area contributed by atoms with E-state index in [1.165, 1.54) is 4.90 Å². The van der Waals surface area contributed by atoms with Crippen LogP contribution in [-0.4, -0.2) is 41.4 Å². The van der Waals surface area contributed by atoms with Gasteiger partial charge in [-0.05, 0) is 24.0 Å². The van der Waals surface area contributed by atoms with Gasteiger partial charge in [0.1, 0.15) is 0 Å². The average molecular weight is 303 g/mol. The first kappa shape index (κ1) is 16.5. The third kappa shape index (κ3) is 3.30. The molecular formula is C17H25N3O2. The molecule has 0 aromatic heterocycles. The van der Waals surface area contributed by atoms with Crippen molar-refractivity contribution in [2.24, 2.45) is 11.8 Å². The van der Waals surface area contributed by atoms with Gasteiger partial charge in [-0.2, -0.15) is 0 Å². The van der Waals surface area contributed by atoms with Crippen molar-refractivity contribution in [3.05, 3.63) is 29.3 Å². The molecule has 0 spiro atoms. The lowest BCUT2D eigenvalue weighted by Crippen LogP contribution is -2.44. The molecule has 1 aromatic carbocycles.